The number of para-hydroxylation sites is 1. The zero-order valence-corrected chi connectivity index (χ0v) is 15.7. The Morgan fingerprint density at radius 3 is 2.56 bits per heavy atom. The number of amides is 1. The molecule has 1 N–H and O–H groups in total. The number of ether oxygens (including phenoxy) is 2. The highest BCUT2D eigenvalue weighted by molar-refractivity contribution is 5.81. The lowest BCUT2D eigenvalue weighted by Crippen LogP contribution is -2.48. The fraction of sp³-hybridized carbons (Fsp3) is 0.381. The van der Waals surface area contributed by atoms with Crippen LogP contribution in [0.3, 0.4) is 0 Å². The van der Waals surface area contributed by atoms with E-state index in [-0.39, 0.29) is 17.8 Å². The van der Waals surface area contributed by atoms with Gasteiger partial charge in [-0.25, -0.2) is 4.39 Å². The summed E-state index contributed by atoms with van der Waals surface area (Å²) in [6, 6.07) is 14.0. The Balaban J connectivity index is 1.49. The number of halogens is 1. The van der Waals surface area contributed by atoms with Gasteiger partial charge in [-0.15, -0.1) is 0 Å². The summed E-state index contributed by atoms with van der Waals surface area (Å²) in [6.07, 6.45) is 0.930. The summed E-state index contributed by atoms with van der Waals surface area (Å²) in [5, 5.41) is 3.04. The highest BCUT2D eigenvalue weighted by Crippen LogP contribution is 2.23. The average Bonchev–Trinajstić information content (AvgIpc) is 2.69. The molecule has 3 rings (SSSR count). The van der Waals surface area contributed by atoms with Crippen molar-refractivity contribution in [3.63, 3.8) is 0 Å². The van der Waals surface area contributed by atoms with Gasteiger partial charge in [0.25, 0.3) is 5.91 Å². The van der Waals surface area contributed by atoms with E-state index in [1.807, 2.05) is 23.1 Å². The molecule has 2 aromatic carbocycles. The second-order valence-corrected chi connectivity index (χ2v) is 6.66. The van der Waals surface area contributed by atoms with Gasteiger partial charge in [-0.3, -0.25) is 4.79 Å². The molecular formula is C21H25FN2O3. The normalized spacial score (nSPS) is 15.9. The molecule has 1 aliphatic heterocycles. The Hall–Kier alpha value is -2.76. The Bertz CT molecular complexity index is 776. The lowest BCUT2D eigenvalue weighted by Gasteiger charge is -2.34. The second-order valence-electron chi connectivity index (χ2n) is 6.66. The van der Waals surface area contributed by atoms with E-state index in [1.165, 1.54) is 6.07 Å². The van der Waals surface area contributed by atoms with Gasteiger partial charge in [0.1, 0.15) is 17.3 Å². The van der Waals surface area contributed by atoms with Crippen LogP contribution in [-0.4, -0.2) is 38.3 Å². The summed E-state index contributed by atoms with van der Waals surface area (Å²) in [7, 11) is 1.59. The van der Waals surface area contributed by atoms with E-state index < -0.39 is 6.10 Å². The van der Waals surface area contributed by atoms with Crippen LogP contribution in [0.1, 0.15) is 19.8 Å². The Morgan fingerprint density at radius 1 is 1.15 bits per heavy atom. The highest BCUT2D eigenvalue weighted by atomic mass is 19.1. The van der Waals surface area contributed by atoms with Crippen molar-refractivity contribution in [1.82, 2.24) is 5.32 Å². The van der Waals surface area contributed by atoms with Gasteiger partial charge in [0.2, 0.25) is 0 Å². The van der Waals surface area contributed by atoms with Crippen LogP contribution in [-0.2, 0) is 4.79 Å². The fourth-order valence-corrected chi connectivity index (χ4v) is 3.22. The largest absolute Gasteiger partial charge is 0.497 e. The van der Waals surface area contributed by atoms with Gasteiger partial charge in [-0.05, 0) is 44.0 Å². The summed E-state index contributed by atoms with van der Waals surface area (Å²) in [4.78, 5) is 14.5. The van der Waals surface area contributed by atoms with E-state index in [2.05, 4.69) is 5.32 Å². The number of anilines is 1. The summed E-state index contributed by atoms with van der Waals surface area (Å²) in [5.74, 6) is 0.912. The van der Waals surface area contributed by atoms with Crippen LogP contribution in [0.5, 0.6) is 11.5 Å². The third-order valence-corrected chi connectivity index (χ3v) is 4.76. The molecule has 0 spiro atoms. The van der Waals surface area contributed by atoms with Crippen LogP contribution in [0.25, 0.3) is 0 Å². The molecule has 0 saturated carbocycles. The third-order valence-electron chi connectivity index (χ3n) is 4.76. The quantitative estimate of drug-likeness (QED) is 0.845. The van der Waals surface area contributed by atoms with E-state index in [9.17, 15) is 9.18 Å². The summed E-state index contributed by atoms with van der Waals surface area (Å²) in [5.41, 5.74) is 0.622. The molecule has 27 heavy (non-hydrogen) atoms. The second kappa shape index (κ2) is 8.75. The minimum Gasteiger partial charge on any atom is -0.497 e. The van der Waals surface area contributed by atoms with Gasteiger partial charge in [-0.2, -0.15) is 0 Å². The van der Waals surface area contributed by atoms with Crippen LogP contribution in [0, 0.1) is 5.82 Å². The molecule has 0 aliphatic carbocycles. The first-order valence-corrected chi connectivity index (χ1v) is 9.17. The molecule has 1 saturated heterocycles. The topological polar surface area (TPSA) is 50.8 Å². The number of methoxy groups -OCH3 is 1. The Labute approximate surface area is 159 Å². The van der Waals surface area contributed by atoms with E-state index >= 15 is 0 Å². The summed E-state index contributed by atoms with van der Waals surface area (Å²) < 4.78 is 24.8. The van der Waals surface area contributed by atoms with Crippen LogP contribution in [0.15, 0.2) is 48.5 Å². The molecule has 1 atom stereocenters. The van der Waals surface area contributed by atoms with E-state index in [0.717, 1.165) is 12.8 Å². The molecule has 1 aliphatic rings. The number of carbonyl (C=O) groups is 1. The molecule has 1 fully saturated rings. The van der Waals surface area contributed by atoms with Gasteiger partial charge < -0.3 is 19.7 Å². The van der Waals surface area contributed by atoms with Crippen molar-refractivity contribution in [3.8, 4) is 11.5 Å². The molecule has 1 unspecified atom stereocenters. The van der Waals surface area contributed by atoms with Gasteiger partial charge in [0.05, 0.1) is 12.8 Å². The number of carbonyl (C=O) groups excluding carboxylic acids is 1. The van der Waals surface area contributed by atoms with Gasteiger partial charge in [0.15, 0.2) is 6.10 Å². The summed E-state index contributed by atoms with van der Waals surface area (Å²) >= 11 is 0. The predicted molar refractivity (Wildman–Crippen MR) is 103 cm³/mol. The van der Waals surface area contributed by atoms with Crippen LogP contribution in [0.4, 0.5) is 10.1 Å². The maximum Gasteiger partial charge on any atom is 0.260 e. The molecule has 0 aromatic heterocycles. The molecule has 0 radical (unpaired) electrons. The SMILES string of the molecule is COc1cccc(OC(C)C(=O)NC2CCN(c3ccccc3F)CC2)c1. The van der Waals surface area contributed by atoms with Crippen LogP contribution < -0.4 is 19.7 Å². The minimum absolute atomic E-state index is 0.0666. The monoisotopic (exact) mass is 372 g/mol. The molecule has 6 heteroatoms. The number of piperidine rings is 1. The van der Waals surface area contributed by atoms with Crippen molar-refractivity contribution in [2.75, 3.05) is 25.1 Å². The van der Waals surface area contributed by atoms with Crippen molar-refractivity contribution in [1.29, 1.82) is 0 Å². The van der Waals surface area contributed by atoms with Crippen LogP contribution in [0.2, 0.25) is 0 Å². The zero-order chi connectivity index (χ0) is 19.2. The van der Waals surface area contributed by atoms with Gasteiger partial charge >= 0.3 is 0 Å². The molecule has 144 valence electrons. The zero-order valence-electron chi connectivity index (χ0n) is 15.7. The maximum absolute atomic E-state index is 13.9. The van der Waals surface area contributed by atoms with Crippen molar-refractivity contribution >= 4 is 11.6 Å². The molecule has 2 aromatic rings. The fourth-order valence-electron chi connectivity index (χ4n) is 3.22. The first-order valence-electron chi connectivity index (χ1n) is 9.17. The number of nitrogens with zero attached hydrogens (tertiary/aromatic N) is 1. The lowest BCUT2D eigenvalue weighted by molar-refractivity contribution is -0.128. The highest BCUT2D eigenvalue weighted by Gasteiger charge is 2.24. The maximum atomic E-state index is 13.9. The Morgan fingerprint density at radius 2 is 1.85 bits per heavy atom. The predicted octanol–water partition coefficient (Wildman–Crippen LogP) is 3.39. The number of hydrogen-bond donors (Lipinski definition) is 1. The first-order chi connectivity index (χ1) is 13.1. The minimum atomic E-state index is -0.610. The smallest absolute Gasteiger partial charge is 0.260 e. The van der Waals surface area contributed by atoms with E-state index in [4.69, 9.17) is 9.47 Å². The molecule has 0 bridgehead atoms. The number of benzene rings is 2. The molecule has 1 heterocycles. The van der Waals surface area contributed by atoms with Gasteiger partial charge in [0, 0.05) is 25.2 Å². The van der Waals surface area contributed by atoms with Crippen molar-refractivity contribution in [2.24, 2.45) is 0 Å². The first kappa shape index (κ1) is 19.0. The van der Waals surface area contributed by atoms with E-state index in [1.54, 1.807) is 38.3 Å². The van der Waals surface area contributed by atoms with Gasteiger partial charge in [-0.1, -0.05) is 18.2 Å². The summed E-state index contributed by atoms with van der Waals surface area (Å²) in [6.45, 7) is 3.14. The van der Waals surface area contributed by atoms with E-state index in [0.29, 0.717) is 30.3 Å². The standard InChI is InChI=1S/C21H25FN2O3/c1-15(27-18-7-5-6-17(14-18)26-2)21(25)23-16-10-12-24(13-11-16)20-9-4-3-8-19(20)22/h3-9,14-16H,10-13H2,1-2H3,(H,23,25). The van der Waals surface area contributed by atoms with Crippen LogP contribution >= 0.6 is 0 Å². The Kier molecular flexibility index (Phi) is 6.16. The molecule has 1 amide bonds. The molecular weight excluding hydrogens is 347 g/mol. The third kappa shape index (κ3) is 4.90. The average molecular weight is 372 g/mol. The lowest BCUT2D eigenvalue weighted by atomic mass is 10.0. The number of rotatable bonds is 6. The van der Waals surface area contributed by atoms with Crippen molar-refractivity contribution in [2.45, 2.75) is 31.9 Å². The number of hydrogen-bond acceptors (Lipinski definition) is 4. The van der Waals surface area contributed by atoms with Crippen molar-refractivity contribution < 1.29 is 18.7 Å². The number of nitrogens with one attached hydrogen (secondary N) is 1. The van der Waals surface area contributed by atoms with Crippen molar-refractivity contribution in [3.05, 3.63) is 54.3 Å². The molecule has 5 nitrogen and oxygen atoms in total.